The summed E-state index contributed by atoms with van der Waals surface area (Å²) < 4.78 is 101. The number of carbonyl (C=O) groups is 1. The molecule has 7 nitrogen and oxygen atoms in total. The molecule has 2 N–H and O–H groups in total. The van der Waals surface area contributed by atoms with Gasteiger partial charge in [0.2, 0.25) is 5.88 Å². The molecule has 1 atom stereocenters. The molecule has 0 spiro atoms. The lowest BCUT2D eigenvalue weighted by atomic mass is 10.2. The van der Waals surface area contributed by atoms with E-state index >= 15 is 0 Å². The predicted molar refractivity (Wildman–Crippen MR) is 83.4 cm³/mol. The summed E-state index contributed by atoms with van der Waals surface area (Å²) >= 11 is 2.92. The second kappa shape index (κ2) is 8.60. The van der Waals surface area contributed by atoms with Crippen LogP contribution in [0.1, 0.15) is 17.3 Å². The Labute approximate surface area is 157 Å². The molecule has 1 rings (SSSR count). The lowest BCUT2D eigenvalue weighted by Gasteiger charge is -2.16. The van der Waals surface area contributed by atoms with Gasteiger partial charge in [-0.25, -0.2) is 18.1 Å². The highest BCUT2D eigenvalue weighted by atomic mass is 79.9. The van der Waals surface area contributed by atoms with Crippen LogP contribution < -0.4 is 14.8 Å². The van der Waals surface area contributed by atoms with Crippen molar-refractivity contribution < 1.29 is 44.3 Å². The van der Waals surface area contributed by atoms with E-state index < -0.39 is 46.8 Å². The average molecular weight is 488 g/mol. The van der Waals surface area contributed by atoms with Crippen molar-refractivity contribution in [3.8, 4) is 5.88 Å². The van der Waals surface area contributed by atoms with Crippen molar-refractivity contribution in [3.05, 3.63) is 22.3 Å². The van der Waals surface area contributed by atoms with E-state index in [1.54, 1.807) is 5.32 Å². The summed E-state index contributed by atoms with van der Waals surface area (Å²) in [5, 5.41) is 1.63. The summed E-state index contributed by atoms with van der Waals surface area (Å²) in [4.78, 5) is 15.4. The number of pyridine rings is 1. The SMILES string of the molecule is C[C@@H](COc1cc(C(=O)NCC(F)(F)F)c(Br)cn1)NS(=O)(=O)C(F)(F)F. The third-order valence-corrected chi connectivity index (χ3v) is 4.62. The summed E-state index contributed by atoms with van der Waals surface area (Å²) in [5.41, 5.74) is -5.77. The van der Waals surface area contributed by atoms with Crippen molar-refractivity contribution in [2.75, 3.05) is 13.2 Å². The molecule has 154 valence electrons. The maximum atomic E-state index is 12.3. The van der Waals surface area contributed by atoms with Crippen LogP contribution in [0.15, 0.2) is 16.7 Å². The monoisotopic (exact) mass is 487 g/mol. The van der Waals surface area contributed by atoms with Gasteiger partial charge in [-0.1, -0.05) is 0 Å². The van der Waals surface area contributed by atoms with Crippen LogP contribution in [0.25, 0.3) is 0 Å². The quantitative estimate of drug-likeness (QED) is 0.575. The van der Waals surface area contributed by atoms with Crippen molar-refractivity contribution in [1.82, 2.24) is 15.0 Å². The Bertz CT molecular complexity index is 784. The lowest BCUT2D eigenvalue weighted by molar-refractivity contribution is -0.123. The number of nitrogens with one attached hydrogen (secondary N) is 2. The summed E-state index contributed by atoms with van der Waals surface area (Å²) in [6.07, 6.45) is -3.60. The Kier molecular flexibility index (Phi) is 7.46. The fourth-order valence-corrected chi connectivity index (χ4v) is 2.65. The first-order valence-electron chi connectivity index (χ1n) is 6.84. The predicted octanol–water partition coefficient (Wildman–Crippen LogP) is 2.34. The first-order chi connectivity index (χ1) is 12.1. The Morgan fingerprint density at radius 1 is 1.30 bits per heavy atom. The van der Waals surface area contributed by atoms with E-state index in [4.69, 9.17) is 4.74 Å². The van der Waals surface area contributed by atoms with Crippen LogP contribution in [0, 0.1) is 0 Å². The molecule has 0 aliphatic heterocycles. The molecular weight excluding hydrogens is 476 g/mol. The van der Waals surface area contributed by atoms with E-state index in [9.17, 15) is 39.6 Å². The number of aromatic nitrogens is 1. The number of halogens is 7. The van der Waals surface area contributed by atoms with E-state index in [0.29, 0.717) is 0 Å². The van der Waals surface area contributed by atoms with Gasteiger partial charge in [0.15, 0.2) is 0 Å². The molecule has 1 heterocycles. The van der Waals surface area contributed by atoms with Gasteiger partial charge in [-0.3, -0.25) is 4.79 Å². The van der Waals surface area contributed by atoms with Gasteiger partial charge < -0.3 is 10.1 Å². The van der Waals surface area contributed by atoms with Crippen LogP contribution in [0.3, 0.4) is 0 Å². The molecule has 0 bridgehead atoms. The third kappa shape index (κ3) is 7.50. The smallest absolute Gasteiger partial charge is 0.476 e. The second-order valence-electron chi connectivity index (χ2n) is 5.08. The maximum absolute atomic E-state index is 12.3. The number of alkyl halides is 6. The van der Waals surface area contributed by atoms with E-state index in [0.717, 1.165) is 19.2 Å². The normalized spacial score (nSPS) is 13.9. The minimum Gasteiger partial charge on any atom is -0.476 e. The summed E-state index contributed by atoms with van der Waals surface area (Å²) in [5.74, 6) is -1.41. The molecule has 0 aromatic carbocycles. The van der Waals surface area contributed by atoms with Crippen LogP contribution >= 0.6 is 15.9 Å². The van der Waals surface area contributed by atoms with Crippen LogP contribution in [0.2, 0.25) is 0 Å². The summed E-state index contributed by atoms with van der Waals surface area (Å²) in [7, 11) is -5.58. The molecule has 15 heteroatoms. The number of carbonyl (C=O) groups excluding carboxylic acids is 1. The standard InChI is InChI=1S/C12H12BrF6N3O4S/c1-6(22-27(24,25)12(17,18)19)4-26-9-2-7(8(13)3-20-9)10(23)21-5-11(14,15)16/h2-3,6,22H,4-5H2,1H3,(H,21,23)/t6-/m0/s1. The molecule has 0 fully saturated rings. The van der Waals surface area contributed by atoms with Crippen LogP contribution in [-0.2, 0) is 10.0 Å². The molecule has 27 heavy (non-hydrogen) atoms. The van der Waals surface area contributed by atoms with Crippen molar-refractivity contribution in [2.45, 2.75) is 24.7 Å². The molecule has 1 aromatic rings. The minimum absolute atomic E-state index is 0.0420. The molecule has 0 saturated carbocycles. The molecule has 0 radical (unpaired) electrons. The van der Waals surface area contributed by atoms with Crippen molar-refractivity contribution in [3.63, 3.8) is 0 Å². The number of nitrogens with zero attached hydrogens (tertiary/aromatic N) is 1. The Balaban J connectivity index is 2.76. The molecule has 0 saturated heterocycles. The molecule has 0 aliphatic rings. The lowest BCUT2D eigenvalue weighted by Crippen LogP contribution is -2.43. The summed E-state index contributed by atoms with van der Waals surface area (Å²) in [6, 6.07) is -0.370. The molecule has 0 aliphatic carbocycles. The van der Waals surface area contributed by atoms with Gasteiger partial charge in [-0.2, -0.15) is 26.3 Å². The topological polar surface area (TPSA) is 97.4 Å². The zero-order chi connectivity index (χ0) is 21.0. The molecule has 1 amide bonds. The highest BCUT2D eigenvalue weighted by Gasteiger charge is 2.46. The average Bonchev–Trinajstić information content (AvgIpc) is 2.49. The molecular formula is C12H12BrF6N3O4S. The van der Waals surface area contributed by atoms with Crippen molar-refractivity contribution in [1.29, 1.82) is 0 Å². The first-order valence-corrected chi connectivity index (χ1v) is 9.12. The van der Waals surface area contributed by atoms with Gasteiger partial charge in [0, 0.05) is 16.7 Å². The zero-order valence-electron chi connectivity index (χ0n) is 13.3. The fraction of sp³-hybridized carbons (Fsp3) is 0.500. The Hall–Kier alpha value is -1.61. The first kappa shape index (κ1) is 23.4. The van der Waals surface area contributed by atoms with Gasteiger partial charge in [0.25, 0.3) is 5.91 Å². The number of rotatable bonds is 7. The van der Waals surface area contributed by atoms with Gasteiger partial charge in [0.05, 0.1) is 11.6 Å². The van der Waals surface area contributed by atoms with Gasteiger partial charge in [-0.15, -0.1) is 0 Å². The van der Waals surface area contributed by atoms with E-state index in [-0.39, 0.29) is 15.9 Å². The fourth-order valence-electron chi connectivity index (χ4n) is 1.52. The van der Waals surface area contributed by atoms with Crippen LogP contribution in [-0.4, -0.2) is 50.2 Å². The number of sulfonamides is 1. The van der Waals surface area contributed by atoms with Crippen LogP contribution in [0.5, 0.6) is 5.88 Å². The molecule has 1 aromatic heterocycles. The van der Waals surface area contributed by atoms with Crippen molar-refractivity contribution >= 4 is 31.9 Å². The second-order valence-corrected chi connectivity index (χ2v) is 7.64. The Morgan fingerprint density at radius 2 is 1.89 bits per heavy atom. The Morgan fingerprint density at radius 3 is 2.41 bits per heavy atom. The van der Waals surface area contributed by atoms with E-state index in [2.05, 4.69) is 20.9 Å². The zero-order valence-corrected chi connectivity index (χ0v) is 15.7. The van der Waals surface area contributed by atoms with Gasteiger partial charge in [-0.05, 0) is 22.9 Å². The highest BCUT2D eigenvalue weighted by Crippen LogP contribution is 2.23. The van der Waals surface area contributed by atoms with Gasteiger partial charge in [0.1, 0.15) is 13.2 Å². The number of hydrogen-bond acceptors (Lipinski definition) is 5. The minimum atomic E-state index is -5.58. The largest absolute Gasteiger partial charge is 0.511 e. The van der Waals surface area contributed by atoms with Crippen LogP contribution in [0.4, 0.5) is 26.3 Å². The highest BCUT2D eigenvalue weighted by molar-refractivity contribution is 9.10. The van der Waals surface area contributed by atoms with E-state index in [1.165, 1.54) is 4.72 Å². The number of ether oxygens (including phenoxy) is 1. The third-order valence-electron chi connectivity index (χ3n) is 2.67. The van der Waals surface area contributed by atoms with E-state index in [1.807, 2.05) is 0 Å². The molecule has 0 unspecified atom stereocenters. The number of hydrogen-bond donors (Lipinski definition) is 2. The maximum Gasteiger partial charge on any atom is 0.511 e. The van der Waals surface area contributed by atoms with Crippen molar-refractivity contribution in [2.24, 2.45) is 0 Å². The van der Waals surface area contributed by atoms with Gasteiger partial charge >= 0.3 is 21.7 Å². The summed E-state index contributed by atoms with van der Waals surface area (Å²) in [6.45, 7) is -1.08. The number of amides is 1.